The highest BCUT2D eigenvalue weighted by Crippen LogP contribution is 2.36. The lowest BCUT2D eigenvalue weighted by atomic mass is 10.1. The Balaban J connectivity index is 2.89. The predicted octanol–water partition coefficient (Wildman–Crippen LogP) is 1.61. The molecule has 1 aromatic carbocycles. The number of halogens is 4. The second kappa shape index (κ2) is 6.23. The average molecular weight is 354 g/mol. The fraction of sp³-hybridized carbons (Fsp3) is 0.273. The van der Waals surface area contributed by atoms with E-state index in [4.69, 9.17) is 11.5 Å². The zero-order valence-corrected chi connectivity index (χ0v) is 11.6. The Morgan fingerprint density at radius 3 is 2.45 bits per heavy atom. The quantitative estimate of drug-likeness (QED) is 0.766. The number of carbonyl (C=O) groups is 2. The minimum atomic E-state index is -4.56. The van der Waals surface area contributed by atoms with Gasteiger partial charge in [0.1, 0.15) is 0 Å². The Morgan fingerprint density at radius 2 is 1.95 bits per heavy atom. The number of amides is 2. The van der Waals surface area contributed by atoms with Crippen molar-refractivity contribution in [1.82, 2.24) is 0 Å². The Bertz CT molecular complexity index is 534. The van der Waals surface area contributed by atoms with Crippen LogP contribution in [0.25, 0.3) is 0 Å². The monoisotopic (exact) mass is 353 g/mol. The molecule has 1 aromatic rings. The maximum Gasteiger partial charge on any atom is 0.417 e. The molecule has 20 heavy (non-hydrogen) atoms. The molecular weight excluding hydrogens is 343 g/mol. The molecule has 0 bridgehead atoms. The molecule has 0 spiro atoms. The SMILES string of the molecule is NC(=O)CC(N)C(=O)Nc1ccc(Br)c(C(F)(F)F)c1. The highest BCUT2D eigenvalue weighted by Gasteiger charge is 2.33. The highest BCUT2D eigenvalue weighted by atomic mass is 79.9. The van der Waals surface area contributed by atoms with E-state index in [1.54, 1.807) is 0 Å². The molecule has 2 amide bonds. The molecule has 5 nitrogen and oxygen atoms in total. The van der Waals surface area contributed by atoms with Gasteiger partial charge in [0.2, 0.25) is 11.8 Å². The highest BCUT2D eigenvalue weighted by molar-refractivity contribution is 9.10. The number of hydrogen-bond donors (Lipinski definition) is 3. The van der Waals surface area contributed by atoms with Crippen molar-refractivity contribution in [3.63, 3.8) is 0 Å². The summed E-state index contributed by atoms with van der Waals surface area (Å²) in [5.74, 6) is -1.57. The van der Waals surface area contributed by atoms with Crippen LogP contribution >= 0.6 is 15.9 Å². The summed E-state index contributed by atoms with van der Waals surface area (Å²) < 4.78 is 37.9. The van der Waals surface area contributed by atoms with Crippen LogP contribution in [0.1, 0.15) is 12.0 Å². The average Bonchev–Trinajstić information content (AvgIpc) is 2.29. The molecule has 0 aliphatic carbocycles. The molecule has 0 fully saturated rings. The number of benzene rings is 1. The summed E-state index contributed by atoms with van der Waals surface area (Å²) in [6.45, 7) is 0. The first-order chi connectivity index (χ1) is 9.11. The van der Waals surface area contributed by atoms with Crippen molar-refractivity contribution in [3.8, 4) is 0 Å². The molecule has 0 saturated carbocycles. The summed E-state index contributed by atoms with van der Waals surface area (Å²) in [4.78, 5) is 22.2. The van der Waals surface area contributed by atoms with E-state index in [-0.39, 0.29) is 10.2 Å². The van der Waals surface area contributed by atoms with Crippen LogP contribution in [0.3, 0.4) is 0 Å². The lowest BCUT2D eigenvalue weighted by molar-refractivity contribution is -0.138. The van der Waals surface area contributed by atoms with Crippen LogP contribution in [0.5, 0.6) is 0 Å². The summed E-state index contributed by atoms with van der Waals surface area (Å²) >= 11 is 2.78. The van der Waals surface area contributed by atoms with Crippen molar-refractivity contribution in [3.05, 3.63) is 28.2 Å². The Morgan fingerprint density at radius 1 is 1.35 bits per heavy atom. The largest absolute Gasteiger partial charge is 0.417 e. The molecule has 0 saturated heterocycles. The smallest absolute Gasteiger partial charge is 0.370 e. The van der Waals surface area contributed by atoms with Gasteiger partial charge in [0.05, 0.1) is 18.0 Å². The molecule has 110 valence electrons. The number of nitrogens with two attached hydrogens (primary N) is 2. The summed E-state index contributed by atoms with van der Waals surface area (Å²) in [5.41, 5.74) is 9.24. The summed E-state index contributed by atoms with van der Waals surface area (Å²) in [6.07, 6.45) is -4.95. The predicted molar refractivity (Wildman–Crippen MR) is 69.6 cm³/mol. The van der Waals surface area contributed by atoms with Gasteiger partial charge in [-0.3, -0.25) is 9.59 Å². The van der Waals surface area contributed by atoms with Gasteiger partial charge in [0.15, 0.2) is 0 Å². The van der Waals surface area contributed by atoms with Crippen molar-refractivity contribution < 1.29 is 22.8 Å². The second-order valence-electron chi connectivity index (χ2n) is 3.96. The molecule has 1 atom stereocenters. The Hall–Kier alpha value is -1.61. The van der Waals surface area contributed by atoms with Crippen LogP contribution < -0.4 is 16.8 Å². The molecule has 9 heteroatoms. The third-order valence-electron chi connectivity index (χ3n) is 2.30. The van der Waals surface area contributed by atoms with E-state index in [0.717, 1.165) is 12.1 Å². The zero-order valence-electron chi connectivity index (χ0n) is 10.00. The maximum atomic E-state index is 12.7. The summed E-state index contributed by atoms with van der Waals surface area (Å²) in [7, 11) is 0. The first kappa shape index (κ1) is 16.4. The van der Waals surface area contributed by atoms with E-state index in [0.29, 0.717) is 0 Å². The van der Waals surface area contributed by atoms with Gasteiger partial charge < -0.3 is 16.8 Å². The van der Waals surface area contributed by atoms with Crippen LogP contribution in [0, 0.1) is 0 Å². The van der Waals surface area contributed by atoms with Crippen LogP contribution in [-0.4, -0.2) is 17.9 Å². The van der Waals surface area contributed by atoms with Gasteiger partial charge in [-0.15, -0.1) is 0 Å². The lowest BCUT2D eigenvalue weighted by Gasteiger charge is -2.14. The number of rotatable bonds is 4. The fourth-order valence-electron chi connectivity index (χ4n) is 1.36. The van der Waals surface area contributed by atoms with Crippen molar-refractivity contribution in [2.45, 2.75) is 18.6 Å². The van der Waals surface area contributed by atoms with E-state index in [9.17, 15) is 22.8 Å². The van der Waals surface area contributed by atoms with Gasteiger partial charge in [0.25, 0.3) is 0 Å². The molecular formula is C11H11BrF3N3O2. The molecule has 1 rings (SSSR count). The van der Waals surface area contributed by atoms with Crippen LogP contribution in [0.4, 0.5) is 18.9 Å². The van der Waals surface area contributed by atoms with Gasteiger partial charge in [-0.25, -0.2) is 0 Å². The number of alkyl halides is 3. The van der Waals surface area contributed by atoms with Gasteiger partial charge in [-0.1, -0.05) is 15.9 Å². The first-order valence-electron chi connectivity index (χ1n) is 5.32. The van der Waals surface area contributed by atoms with Crippen LogP contribution in [0.2, 0.25) is 0 Å². The van der Waals surface area contributed by atoms with Gasteiger partial charge in [0, 0.05) is 10.2 Å². The zero-order chi connectivity index (χ0) is 15.5. The van der Waals surface area contributed by atoms with E-state index < -0.39 is 36.0 Å². The summed E-state index contributed by atoms with van der Waals surface area (Å²) in [5, 5.41) is 2.19. The van der Waals surface area contributed by atoms with Crippen molar-refractivity contribution in [1.29, 1.82) is 0 Å². The first-order valence-corrected chi connectivity index (χ1v) is 6.12. The van der Waals surface area contributed by atoms with E-state index in [1.807, 2.05) is 0 Å². The molecule has 0 aromatic heterocycles. The standard InChI is InChI=1S/C11H11BrF3N3O2/c12-7-2-1-5(3-6(7)11(13,14)15)18-10(20)8(16)4-9(17)19/h1-3,8H,4,16H2,(H2,17,19)(H,18,20). The van der Waals surface area contributed by atoms with Gasteiger partial charge in [-0.05, 0) is 18.2 Å². The van der Waals surface area contributed by atoms with Crippen molar-refractivity contribution >= 4 is 33.4 Å². The molecule has 1 unspecified atom stereocenters. The van der Waals surface area contributed by atoms with Crippen molar-refractivity contribution in [2.75, 3.05) is 5.32 Å². The topological polar surface area (TPSA) is 98.2 Å². The second-order valence-corrected chi connectivity index (χ2v) is 4.81. The molecule has 5 N–H and O–H groups in total. The Kier molecular flexibility index (Phi) is 5.12. The molecule has 0 radical (unpaired) electrons. The van der Waals surface area contributed by atoms with Gasteiger partial charge in [-0.2, -0.15) is 13.2 Å². The third-order valence-corrected chi connectivity index (χ3v) is 2.99. The third kappa shape index (κ3) is 4.49. The number of nitrogens with one attached hydrogen (secondary N) is 1. The fourth-order valence-corrected chi connectivity index (χ4v) is 1.84. The number of carbonyl (C=O) groups excluding carboxylic acids is 2. The summed E-state index contributed by atoms with van der Waals surface area (Å²) in [6, 6.07) is 1.97. The Labute approximate surface area is 120 Å². The van der Waals surface area contributed by atoms with E-state index in [1.165, 1.54) is 6.07 Å². The number of primary amides is 1. The molecule has 0 aliphatic rings. The van der Waals surface area contributed by atoms with E-state index >= 15 is 0 Å². The maximum absolute atomic E-state index is 12.7. The minimum Gasteiger partial charge on any atom is -0.370 e. The minimum absolute atomic E-state index is 0.0783. The number of anilines is 1. The van der Waals surface area contributed by atoms with E-state index in [2.05, 4.69) is 21.2 Å². The number of hydrogen-bond acceptors (Lipinski definition) is 3. The van der Waals surface area contributed by atoms with Gasteiger partial charge >= 0.3 is 6.18 Å². The lowest BCUT2D eigenvalue weighted by Crippen LogP contribution is -2.39. The molecule has 0 heterocycles. The van der Waals surface area contributed by atoms with Crippen LogP contribution in [0.15, 0.2) is 22.7 Å². The van der Waals surface area contributed by atoms with Crippen LogP contribution in [-0.2, 0) is 15.8 Å². The molecule has 0 aliphatic heterocycles. The normalized spacial score (nSPS) is 12.8. The van der Waals surface area contributed by atoms with Crippen molar-refractivity contribution in [2.24, 2.45) is 11.5 Å².